The molecule has 1 aliphatic carbocycles. The highest BCUT2D eigenvalue weighted by Crippen LogP contribution is 2.29. The summed E-state index contributed by atoms with van der Waals surface area (Å²) in [5.41, 5.74) is 7.92. The Kier molecular flexibility index (Phi) is 5.65. The fourth-order valence-electron chi connectivity index (χ4n) is 3.72. The van der Waals surface area contributed by atoms with E-state index in [9.17, 15) is 4.79 Å². The van der Waals surface area contributed by atoms with E-state index < -0.39 is 0 Å². The van der Waals surface area contributed by atoms with Crippen molar-refractivity contribution in [1.82, 2.24) is 10.4 Å². The van der Waals surface area contributed by atoms with E-state index in [4.69, 9.17) is 4.74 Å². The van der Waals surface area contributed by atoms with Crippen LogP contribution >= 0.6 is 0 Å². The molecule has 0 radical (unpaired) electrons. The summed E-state index contributed by atoms with van der Waals surface area (Å²) >= 11 is 0. The predicted octanol–water partition coefficient (Wildman–Crippen LogP) is 4.85. The van der Waals surface area contributed by atoms with Gasteiger partial charge in [0, 0.05) is 22.2 Å². The summed E-state index contributed by atoms with van der Waals surface area (Å²) in [5, 5.41) is 5.28. The van der Waals surface area contributed by atoms with Crippen LogP contribution in [0.15, 0.2) is 47.6 Å². The second-order valence-electron chi connectivity index (χ2n) is 8.03. The van der Waals surface area contributed by atoms with Crippen LogP contribution in [-0.4, -0.2) is 23.7 Å². The van der Waals surface area contributed by atoms with Crippen LogP contribution in [0.2, 0.25) is 0 Å². The molecular formula is C24H27N3O2. The van der Waals surface area contributed by atoms with E-state index in [1.54, 1.807) is 6.21 Å². The Labute approximate surface area is 171 Å². The molecule has 2 N–H and O–H groups in total. The quantitative estimate of drug-likeness (QED) is 0.468. The minimum absolute atomic E-state index is 0.207. The Morgan fingerprint density at radius 1 is 1.21 bits per heavy atom. The standard InChI is InChI=1S/C24H27N3O2/c1-16(2)15-29-19-7-5-6-17(12-19)14-25-27-24(28)18-10-11-23-21(13-18)20-8-3-4-9-22(20)26-23/h5-7,10-14,16,26H,3-4,8-9,15H2,1-2H3,(H,27,28)/b25-14-. The lowest BCUT2D eigenvalue weighted by Crippen LogP contribution is -2.17. The molecule has 0 saturated carbocycles. The van der Waals surface area contributed by atoms with Gasteiger partial charge in [0.1, 0.15) is 5.75 Å². The molecule has 1 aromatic heterocycles. The molecule has 0 bridgehead atoms. The Balaban J connectivity index is 1.44. The van der Waals surface area contributed by atoms with E-state index in [0.717, 1.165) is 35.1 Å². The van der Waals surface area contributed by atoms with E-state index >= 15 is 0 Å². The highest BCUT2D eigenvalue weighted by molar-refractivity contribution is 5.99. The van der Waals surface area contributed by atoms with Crippen LogP contribution in [-0.2, 0) is 12.8 Å². The summed E-state index contributed by atoms with van der Waals surface area (Å²) in [6.07, 6.45) is 6.24. The molecule has 0 unspecified atom stereocenters. The van der Waals surface area contributed by atoms with Crippen molar-refractivity contribution in [3.63, 3.8) is 0 Å². The Bertz CT molecular complexity index is 1050. The first-order chi connectivity index (χ1) is 14.1. The smallest absolute Gasteiger partial charge is 0.271 e. The first kappa shape index (κ1) is 19.2. The molecule has 1 aliphatic rings. The number of hydrazone groups is 1. The van der Waals surface area contributed by atoms with Crippen LogP contribution in [0, 0.1) is 5.92 Å². The second kappa shape index (κ2) is 8.52. The zero-order chi connectivity index (χ0) is 20.2. The van der Waals surface area contributed by atoms with Crippen LogP contribution in [0.4, 0.5) is 0 Å². The number of rotatable bonds is 6. The van der Waals surface area contributed by atoms with Crippen molar-refractivity contribution in [3.8, 4) is 5.75 Å². The Morgan fingerprint density at radius 3 is 2.93 bits per heavy atom. The van der Waals surface area contributed by atoms with E-state index in [-0.39, 0.29) is 5.91 Å². The zero-order valence-corrected chi connectivity index (χ0v) is 17.0. The predicted molar refractivity (Wildman–Crippen MR) is 117 cm³/mol. The summed E-state index contributed by atoms with van der Waals surface area (Å²) in [6.45, 7) is 4.89. The number of ether oxygens (including phenoxy) is 1. The molecule has 5 heteroatoms. The number of nitrogens with one attached hydrogen (secondary N) is 2. The lowest BCUT2D eigenvalue weighted by Gasteiger charge is -2.10. The minimum atomic E-state index is -0.207. The molecule has 5 nitrogen and oxygen atoms in total. The molecule has 2 aromatic carbocycles. The second-order valence-corrected chi connectivity index (χ2v) is 8.03. The molecule has 1 heterocycles. The largest absolute Gasteiger partial charge is 0.493 e. The van der Waals surface area contributed by atoms with Gasteiger partial charge in [-0.25, -0.2) is 5.43 Å². The number of benzene rings is 2. The van der Waals surface area contributed by atoms with E-state index in [1.807, 2.05) is 42.5 Å². The van der Waals surface area contributed by atoms with Crippen LogP contribution in [0.25, 0.3) is 10.9 Å². The number of hydrogen-bond donors (Lipinski definition) is 2. The number of carbonyl (C=O) groups is 1. The molecular weight excluding hydrogens is 362 g/mol. The van der Waals surface area contributed by atoms with Gasteiger partial charge in [-0.2, -0.15) is 5.10 Å². The molecule has 150 valence electrons. The number of hydrogen-bond acceptors (Lipinski definition) is 3. The maximum atomic E-state index is 12.6. The fraction of sp³-hybridized carbons (Fsp3) is 0.333. The Hall–Kier alpha value is -3.08. The van der Waals surface area contributed by atoms with Gasteiger partial charge in [0.2, 0.25) is 0 Å². The van der Waals surface area contributed by atoms with E-state index in [0.29, 0.717) is 18.1 Å². The van der Waals surface area contributed by atoms with Crippen molar-refractivity contribution in [2.45, 2.75) is 39.5 Å². The lowest BCUT2D eigenvalue weighted by molar-refractivity contribution is 0.0955. The maximum Gasteiger partial charge on any atom is 0.271 e. The van der Waals surface area contributed by atoms with Crippen molar-refractivity contribution in [2.24, 2.45) is 11.0 Å². The summed E-state index contributed by atoms with van der Waals surface area (Å²) < 4.78 is 5.73. The van der Waals surface area contributed by atoms with Gasteiger partial charge < -0.3 is 9.72 Å². The molecule has 29 heavy (non-hydrogen) atoms. The van der Waals surface area contributed by atoms with Gasteiger partial charge in [-0.15, -0.1) is 0 Å². The van der Waals surface area contributed by atoms with Gasteiger partial charge in [-0.3, -0.25) is 4.79 Å². The summed E-state index contributed by atoms with van der Waals surface area (Å²) in [6, 6.07) is 13.5. The first-order valence-electron chi connectivity index (χ1n) is 10.3. The molecule has 1 amide bonds. The number of aryl methyl sites for hydroxylation is 2. The molecule has 3 aromatic rings. The highest BCUT2D eigenvalue weighted by Gasteiger charge is 2.16. The lowest BCUT2D eigenvalue weighted by atomic mass is 9.95. The van der Waals surface area contributed by atoms with Gasteiger partial charge in [0.25, 0.3) is 5.91 Å². The molecule has 0 fully saturated rings. The van der Waals surface area contributed by atoms with Crippen molar-refractivity contribution in [1.29, 1.82) is 0 Å². The van der Waals surface area contributed by atoms with Crippen LogP contribution in [0.1, 0.15) is 53.9 Å². The third-order valence-corrected chi connectivity index (χ3v) is 5.18. The zero-order valence-electron chi connectivity index (χ0n) is 17.0. The third-order valence-electron chi connectivity index (χ3n) is 5.18. The van der Waals surface area contributed by atoms with Crippen molar-refractivity contribution < 1.29 is 9.53 Å². The summed E-state index contributed by atoms with van der Waals surface area (Å²) in [5.74, 6) is 1.06. The molecule has 0 atom stereocenters. The minimum Gasteiger partial charge on any atom is -0.493 e. The highest BCUT2D eigenvalue weighted by atomic mass is 16.5. The van der Waals surface area contributed by atoms with Gasteiger partial charge in [-0.05, 0) is 73.1 Å². The average Bonchev–Trinajstić information content (AvgIpc) is 3.10. The van der Waals surface area contributed by atoms with Crippen LogP contribution in [0.3, 0.4) is 0 Å². The summed E-state index contributed by atoms with van der Waals surface area (Å²) in [4.78, 5) is 16.0. The Morgan fingerprint density at radius 2 is 2.07 bits per heavy atom. The SMILES string of the molecule is CC(C)COc1cccc(/C=N\NC(=O)c2ccc3[nH]c4c(c3c2)CCCC4)c1. The third kappa shape index (κ3) is 4.50. The number of fused-ring (bicyclic) bond motifs is 3. The van der Waals surface area contributed by atoms with Crippen molar-refractivity contribution in [3.05, 3.63) is 64.8 Å². The van der Waals surface area contributed by atoms with E-state index in [2.05, 4.69) is 29.4 Å². The number of aromatic nitrogens is 1. The average molecular weight is 389 g/mol. The maximum absolute atomic E-state index is 12.6. The van der Waals surface area contributed by atoms with Gasteiger partial charge >= 0.3 is 0 Å². The molecule has 0 saturated heterocycles. The van der Waals surface area contributed by atoms with Crippen molar-refractivity contribution in [2.75, 3.05) is 6.61 Å². The number of H-pyrrole nitrogens is 1. The fourth-order valence-corrected chi connectivity index (χ4v) is 3.72. The van der Waals surface area contributed by atoms with E-state index in [1.165, 1.54) is 24.1 Å². The normalized spacial score (nSPS) is 13.8. The number of aromatic amines is 1. The van der Waals surface area contributed by atoms with Gasteiger partial charge in [0.15, 0.2) is 0 Å². The topological polar surface area (TPSA) is 66.5 Å². The van der Waals surface area contributed by atoms with Gasteiger partial charge in [-0.1, -0.05) is 26.0 Å². The summed E-state index contributed by atoms with van der Waals surface area (Å²) in [7, 11) is 0. The first-order valence-corrected chi connectivity index (χ1v) is 10.3. The monoisotopic (exact) mass is 389 g/mol. The van der Waals surface area contributed by atoms with Crippen LogP contribution in [0.5, 0.6) is 5.75 Å². The van der Waals surface area contributed by atoms with Crippen LogP contribution < -0.4 is 10.2 Å². The number of nitrogens with zero attached hydrogens (tertiary/aromatic N) is 1. The molecule has 0 aliphatic heterocycles. The molecule has 0 spiro atoms. The number of amides is 1. The van der Waals surface area contributed by atoms with Crippen molar-refractivity contribution >= 4 is 23.0 Å². The molecule has 4 rings (SSSR count). The van der Waals surface area contributed by atoms with Gasteiger partial charge in [0.05, 0.1) is 12.8 Å². The number of carbonyl (C=O) groups excluding carboxylic acids is 1.